The van der Waals surface area contributed by atoms with Gasteiger partial charge in [0.2, 0.25) is 10.0 Å². The lowest BCUT2D eigenvalue weighted by atomic mass is 10.1. The molecule has 0 radical (unpaired) electrons. The average Bonchev–Trinajstić information content (AvgIpc) is 2.58. The number of ether oxygens (including phenoxy) is 1. The molecule has 6 heteroatoms. The number of sulfonamides is 1. The molecule has 1 heterocycles. The first-order chi connectivity index (χ1) is 11.4. The zero-order valence-electron chi connectivity index (χ0n) is 13.7. The van der Waals surface area contributed by atoms with Crippen molar-refractivity contribution in [3.8, 4) is 0 Å². The van der Waals surface area contributed by atoms with Gasteiger partial charge in [-0.05, 0) is 54.8 Å². The lowest BCUT2D eigenvalue weighted by molar-refractivity contribution is -0.00255. The average molecular weight is 366 g/mol. The fraction of sp³-hybridized carbons (Fsp3) is 0.333. The SMILES string of the molecule is Cc1ccc(S(=O)(=O)N2CCOC(c3ccc(Cl)cc3)C2)cc1C. The van der Waals surface area contributed by atoms with E-state index >= 15 is 0 Å². The van der Waals surface area contributed by atoms with E-state index in [2.05, 4.69) is 0 Å². The summed E-state index contributed by atoms with van der Waals surface area (Å²) < 4.78 is 33.1. The van der Waals surface area contributed by atoms with E-state index in [1.807, 2.05) is 32.0 Å². The predicted octanol–water partition coefficient (Wildman–Crippen LogP) is 3.72. The first-order valence-electron chi connectivity index (χ1n) is 7.82. The van der Waals surface area contributed by atoms with Crippen molar-refractivity contribution < 1.29 is 13.2 Å². The summed E-state index contributed by atoms with van der Waals surface area (Å²) in [4.78, 5) is 0.336. The Hall–Kier alpha value is -1.40. The van der Waals surface area contributed by atoms with Crippen molar-refractivity contribution in [2.45, 2.75) is 24.8 Å². The van der Waals surface area contributed by atoms with Crippen LogP contribution in [-0.4, -0.2) is 32.4 Å². The third-order valence-electron chi connectivity index (χ3n) is 4.39. The molecule has 1 fully saturated rings. The van der Waals surface area contributed by atoms with Gasteiger partial charge in [-0.3, -0.25) is 0 Å². The highest BCUT2D eigenvalue weighted by Gasteiger charge is 2.31. The molecule has 1 aliphatic rings. The summed E-state index contributed by atoms with van der Waals surface area (Å²) in [5.41, 5.74) is 2.98. The van der Waals surface area contributed by atoms with Crippen LogP contribution < -0.4 is 0 Å². The molecule has 4 nitrogen and oxygen atoms in total. The monoisotopic (exact) mass is 365 g/mol. The maximum absolute atomic E-state index is 12.9. The molecule has 0 aromatic heterocycles. The van der Waals surface area contributed by atoms with Crippen LogP contribution in [0.2, 0.25) is 5.02 Å². The molecule has 128 valence electrons. The van der Waals surface area contributed by atoms with Gasteiger partial charge in [-0.1, -0.05) is 29.8 Å². The van der Waals surface area contributed by atoms with Crippen LogP contribution in [-0.2, 0) is 14.8 Å². The van der Waals surface area contributed by atoms with Crippen molar-refractivity contribution >= 4 is 21.6 Å². The Kier molecular flexibility index (Phi) is 4.97. The van der Waals surface area contributed by atoms with Gasteiger partial charge in [0.05, 0.1) is 17.6 Å². The van der Waals surface area contributed by atoms with Crippen LogP contribution in [0.5, 0.6) is 0 Å². The molecule has 2 aromatic rings. The van der Waals surface area contributed by atoms with E-state index in [4.69, 9.17) is 16.3 Å². The normalized spacial score (nSPS) is 19.4. The van der Waals surface area contributed by atoms with Crippen molar-refractivity contribution in [3.05, 3.63) is 64.2 Å². The number of benzene rings is 2. The van der Waals surface area contributed by atoms with E-state index in [0.717, 1.165) is 16.7 Å². The number of nitrogens with zero attached hydrogens (tertiary/aromatic N) is 1. The van der Waals surface area contributed by atoms with Crippen molar-refractivity contribution in [2.75, 3.05) is 19.7 Å². The van der Waals surface area contributed by atoms with Gasteiger partial charge in [-0.2, -0.15) is 4.31 Å². The minimum Gasteiger partial charge on any atom is -0.371 e. The number of morpholine rings is 1. The Labute approximate surface area is 148 Å². The Balaban J connectivity index is 1.85. The molecule has 3 rings (SSSR count). The molecule has 0 bridgehead atoms. The lowest BCUT2D eigenvalue weighted by Gasteiger charge is -2.32. The highest BCUT2D eigenvalue weighted by atomic mass is 35.5. The molecule has 2 aromatic carbocycles. The maximum atomic E-state index is 12.9. The molecule has 0 spiro atoms. The van der Waals surface area contributed by atoms with Crippen LogP contribution in [0.4, 0.5) is 0 Å². The third kappa shape index (κ3) is 3.49. The van der Waals surface area contributed by atoms with Crippen LogP contribution in [0.1, 0.15) is 22.8 Å². The highest BCUT2D eigenvalue weighted by Crippen LogP contribution is 2.28. The number of halogens is 1. The van der Waals surface area contributed by atoms with Gasteiger partial charge in [0.15, 0.2) is 0 Å². The van der Waals surface area contributed by atoms with Gasteiger partial charge < -0.3 is 4.74 Å². The number of aryl methyl sites for hydroxylation is 2. The number of hydrogen-bond acceptors (Lipinski definition) is 3. The smallest absolute Gasteiger partial charge is 0.243 e. The minimum atomic E-state index is -3.52. The van der Waals surface area contributed by atoms with Crippen molar-refractivity contribution in [2.24, 2.45) is 0 Å². The Morgan fingerprint density at radius 2 is 1.79 bits per heavy atom. The van der Waals surface area contributed by atoms with Crippen LogP contribution in [0, 0.1) is 13.8 Å². The Morgan fingerprint density at radius 1 is 1.08 bits per heavy atom. The van der Waals surface area contributed by atoms with Crippen LogP contribution >= 0.6 is 11.6 Å². The number of hydrogen-bond donors (Lipinski definition) is 0. The molecule has 24 heavy (non-hydrogen) atoms. The predicted molar refractivity (Wildman–Crippen MR) is 94.8 cm³/mol. The molecule has 0 amide bonds. The fourth-order valence-electron chi connectivity index (χ4n) is 2.75. The van der Waals surface area contributed by atoms with E-state index in [0.29, 0.717) is 29.6 Å². The van der Waals surface area contributed by atoms with Gasteiger partial charge in [-0.15, -0.1) is 0 Å². The van der Waals surface area contributed by atoms with Crippen molar-refractivity contribution in [3.63, 3.8) is 0 Å². The second kappa shape index (κ2) is 6.84. The van der Waals surface area contributed by atoms with Crippen LogP contribution in [0.15, 0.2) is 47.4 Å². The van der Waals surface area contributed by atoms with Crippen molar-refractivity contribution in [1.29, 1.82) is 0 Å². The van der Waals surface area contributed by atoms with Gasteiger partial charge in [0.1, 0.15) is 0 Å². The zero-order chi connectivity index (χ0) is 17.3. The molecular formula is C18H20ClNO3S. The summed E-state index contributed by atoms with van der Waals surface area (Å²) in [6.07, 6.45) is -0.280. The zero-order valence-corrected chi connectivity index (χ0v) is 15.3. The quantitative estimate of drug-likeness (QED) is 0.832. The lowest BCUT2D eigenvalue weighted by Crippen LogP contribution is -2.42. The second-order valence-corrected chi connectivity index (χ2v) is 8.39. The third-order valence-corrected chi connectivity index (χ3v) is 6.50. The molecule has 0 saturated carbocycles. The van der Waals surface area contributed by atoms with E-state index < -0.39 is 10.0 Å². The molecular weight excluding hydrogens is 346 g/mol. The number of rotatable bonds is 3. The van der Waals surface area contributed by atoms with Crippen LogP contribution in [0.3, 0.4) is 0 Å². The summed E-state index contributed by atoms with van der Waals surface area (Å²) in [6, 6.07) is 12.6. The van der Waals surface area contributed by atoms with Crippen molar-refractivity contribution in [1.82, 2.24) is 4.31 Å². The highest BCUT2D eigenvalue weighted by molar-refractivity contribution is 7.89. The maximum Gasteiger partial charge on any atom is 0.243 e. The van der Waals surface area contributed by atoms with E-state index in [-0.39, 0.29) is 6.10 Å². The van der Waals surface area contributed by atoms with Gasteiger partial charge >= 0.3 is 0 Å². The van der Waals surface area contributed by atoms with E-state index in [1.165, 1.54) is 4.31 Å². The molecule has 1 saturated heterocycles. The standard InChI is InChI=1S/C18H20ClNO3S/c1-13-3-8-17(11-14(13)2)24(21,22)20-9-10-23-18(12-20)15-4-6-16(19)7-5-15/h3-8,11,18H,9-10,12H2,1-2H3. The van der Waals surface area contributed by atoms with Gasteiger partial charge in [0.25, 0.3) is 0 Å². The summed E-state index contributed by atoms with van der Waals surface area (Å²) in [5, 5.41) is 0.647. The molecule has 1 aliphatic heterocycles. The van der Waals surface area contributed by atoms with Gasteiger partial charge in [-0.25, -0.2) is 8.42 Å². The largest absolute Gasteiger partial charge is 0.371 e. The Bertz CT molecular complexity index is 834. The fourth-order valence-corrected chi connectivity index (χ4v) is 4.38. The summed E-state index contributed by atoms with van der Waals surface area (Å²) in [6.45, 7) is 4.93. The summed E-state index contributed by atoms with van der Waals surface area (Å²) >= 11 is 5.91. The Morgan fingerprint density at radius 3 is 2.46 bits per heavy atom. The second-order valence-electron chi connectivity index (χ2n) is 6.02. The summed E-state index contributed by atoms with van der Waals surface area (Å²) in [7, 11) is -3.52. The topological polar surface area (TPSA) is 46.6 Å². The first-order valence-corrected chi connectivity index (χ1v) is 9.64. The molecule has 1 unspecified atom stereocenters. The van der Waals surface area contributed by atoms with E-state index in [1.54, 1.807) is 24.3 Å². The minimum absolute atomic E-state index is 0.280. The van der Waals surface area contributed by atoms with Crippen LogP contribution in [0.25, 0.3) is 0 Å². The first kappa shape index (κ1) is 17.4. The molecule has 0 N–H and O–H groups in total. The van der Waals surface area contributed by atoms with Gasteiger partial charge in [0, 0.05) is 18.1 Å². The van der Waals surface area contributed by atoms with E-state index in [9.17, 15) is 8.42 Å². The molecule has 1 atom stereocenters. The summed E-state index contributed by atoms with van der Waals surface area (Å²) in [5.74, 6) is 0. The molecule has 0 aliphatic carbocycles.